The molecule has 0 spiro atoms. The van der Waals surface area contributed by atoms with Crippen LogP contribution in [0, 0.1) is 5.41 Å². The van der Waals surface area contributed by atoms with Crippen molar-refractivity contribution >= 4 is 18.5 Å². The van der Waals surface area contributed by atoms with Gasteiger partial charge in [-0.1, -0.05) is 44.2 Å². The topological polar surface area (TPSA) is 12.4 Å². The Balaban J connectivity index is 2.69. The molecule has 1 aliphatic heterocycles. The molecule has 1 nitrogen and oxygen atoms in total. The van der Waals surface area contributed by atoms with Crippen molar-refractivity contribution in [2.24, 2.45) is 10.4 Å². The van der Waals surface area contributed by atoms with Crippen LogP contribution in [0.15, 0.2) is 29.3 Å². The molecule has 1 atom stereocenters. The second kappa shape index (κ2) is 3.41. The number of benzene rings is 1. The van der Waals surface area contributed by atoms with Crippen LogP contribution < -0.4 is 10.4 Å². The average Bonchev–Trinajstić information content (AvgIpc) is 2.37. The molecule has 1 aromatic carbocycles. The van der Waals surface area contributed by atoms with Gasteiger partial charge in [0, 0.05) is 17.8 Å². The fraction of sp³-hybridized carbons (Fsp3) is 0.308. The highest BCUT2D eigenvalue weighted by molar-refractivity contribution is 5.77. The van der Waals surface area contributed by atoms with Gasteiger partial charge in [0.05, 0.1) is 0 Å². The van der Waals surface area contributed by atoms with Crippen LogP contribution in [0.4, 0.5) is 0 Å². The van der Waals surface area contributed by atoms with Crippen molar-refractivity contribution in [2.45, 2.75) is 20.3 Å². The molecule has 2 rings (SSSR count). The van der Waals surface area contributed by atoms with E-state index in [4.69, 9.17) is 0 Å². The molecule has 1 aromatic rings. The highest BCUT2D eigenvalue weighted by atomic mass is 14.7. The van der Waals surface area contributed by atoms with E-state index in [-0.39, 0.29) is 5.41 Å². The predicted molar refractivity (Wildman–Crippen MR) is 61.5 cm³/mol. The lowest BCUT2D eigenvalue weighted by molar-refractivity contribution is 0.624. The fourth-order valence-corrected chi connectivity index (χ4v) is 1.63. The lowest BCUT2D eigenvalue weighted by Gasteiger charge is -2.16. The van der Waals surface area contributed by atoms with Gasteiger partial charge in [-0.05, 0) is 16.9 Å². The fourth-order valence-electron chi connectivity index (χ4n) is 1.63. The van der Waals surface area contributed by atoms with Crippen molar-refractivity contribution in [1.82, 2.24) is 0 Å². The first-order valence-corrected chi connectivity index (χ1v) is 5.06. The number of aliphatic imine (C=N–C) groups is 1. The third-order valence-corrected chi connectivity index (χ3v) is 2.83. The predicted octanol–water partition coefficient (Wildman–Crippen LogP) is 1.71. The van der Waals surface area contributed by atoms with E-state index in [0.717, 1.165) is 6.42 Å². The minimum atomic E-state index is 0.100. The van der Waals surface area contributed by atoms with E-state index in [1.54, 1.807) is 0 Å². The van der Waals surface area contributed by atoms with Gasteiger partial charge in [0.2, 0.25) is 0 Å². The molecule has 0 saturated heterocycles. The summed E-state index contributed by atoms with van der Waals surface area (Å²) in [5.41, 5.74) is 0.100. The van der Waals surface area contributed by atoms with Gasteiger partial charge < -0.3 is 0 Å². The highest BCUT2D eigenvalue weighted by Gasteiger charge is 2.16. The van der Waals surface area contributed by atoms with Crippen LogP contribution in [-0.4, -0.2) is 6.21 Å². The lowest BCUT2D eigenvalue weighted by atomic mass is 9.88. The summed E-state index contributed by atoms with van der Waals surface area (Å²) in [6, 6.07) is 8.37. The molecule has 1 heteroatoms. The summed E-state index contributed by atoms with van der Waals surface area (Å²) in [5.74, 6) is 0. The van der Waals surface area contributed by atoms with Gasteiger partial charge >= 0.3 is 0 Å². The van der Waals surface area contributed by atoms with Gasteiger partial charge in [-0.25, -0.2) is 0 Å². The minimum absolute atomic E-state index is 0.100. The molecule has 0 bridgehead atoms. The van der Waals surface area contributed by atoms with Crippen molar-refractivity contribution in [2.75, 3.05) is 0 Å². The van der Waals surface area contributed by atoms with Crippen molar-refractivity contribution in [3.8, 4) is 0 Å². The van der Waals surface area contributed by atoms with E-state index in [2.05, 4.69) is 43.1 Å². The Morgan fingerprint density at radius 2 is 1.93 bits per heavy atom. The molecule has 1 unspecified atom stereocenters. The van der Waals surface area contributed by atoms with E-state index in [1.165, 1.54) is 10.4 Å². The average molecular weight is 185 g/mol. The zero-order valence-corrected chi connectivity index (χ0v) is 8.70. The molecular weight excluding hydrogens is 170 g/mol. The van der Waals surface area contributed by atoms with Gasteiger partial charge in [-0.3, -0.25) is 4.99 Å². The van der Waals surface area contributed by atoms with E-state index < -0.39 is 0 Å². The second-order valence-electron chi connectivity index (χ2n) is 4.04. The van der Waals surface area contributed by atoms with Crippen LogP contribution in [0.5, 0.6) is 0 Å². The minimum Gasteiger partial charge on any atom is -0.268 e. The SMILES string of the molecule is CCC1(C)C=NC=c2ccccc2=C1. The Kier molecular flexibility index (Phi) is 2.24. The second-order valence-corrected chi connectivity index (χ2v) is 4.04. The van der Waals surface area contributed by atoms with Crippen LogP contribution >= 0.6 is 0 Å². The van der Waals surface area contributed by atoms with Gasteiger partial charge in [-0.15, -0.1) is 0 Å². The summed E-state index contributed by atoms with van der Waals surface area (Å²) in [7, 11) is 0. The van der Waals surface area contributed by atoms with Crippen molar-refractivity contribution in [3.63, 3.8) is 0 Å². The van der Waals surface area contributed by atoms with Crippen molar-refractivity contribution in [3.05, 3.63) is 34.7 Å². The molecule has 0 radical (unpaired) electrons. The van der Waals surface area contributed by atoms with E-state index in [1.807, 2.05) is 18.5 Å². The molecule has 0 aromatic heterocycles. The Labute approximate surface area is 84.5 Å². The molecule has 14 heavy (non-hydrogen) atoms. The smallest absolute Gasteiger partial charge is 0.0342 e. The van der Waals surface area contributed by atoms with E-state index >= 15 is 0 Å². The van der Waals surface area contributed by atoms with E-state index in [9.17, 15) is 0 Å². The highest BCUT2D eigenvalue weighted by Crippen LogP contribution is 2.20. The Morgan fingerprint density at radius 3 is 2.64 bits per heavy atom. The molecular formula is C13H15N. The summed E-state index contributed by atoms with van der Waals surface area (Å²) in [6.45, 7) is 4.41. The van der Waals surface area contributed by atoms with Crippen LogP contribution in [0.3, 0.4) is 0 Å². The summed E-state index contributed by atoms with van der Waals surface area (Å²) in [4.78, 5) is 4.35. The third kappa shape index (κ3) is 1.63. The van der Waals surface area contributed by atoms with Gasteiger partial charge in [0.15, 0.2) is 0 Å². The molecule has 1 aliphatic rings. The van der Waals surface area contributed by atoms with Gasteiger partial charge in [-0.2, -0.15) is 0 Å². The summed E-state index contributed by atoms with van der Waals surface area (Å²) < 4.78 is 0. The monoisotopic (exact) mass is 185 g/mol. The largest absolute Gasteiger partial charge is 0.268 e. The number of fused-ring (bicyclic) bond motifs is 1. The number of hydrogen-bond donors (Lipinski definition) is 0. The molecule has 0 amide bonds. The zero-order valence-electron chi connectivity index (χ0n) is 8.70. The van der Waals surface area contributed by atoms with Crippen LogP contribution in [0.1, 0.15) is 20.3 Å². The van der Waals surface area contributed by atoms with E-state index in [0.29, 0.717) is 0 Å². The molecule has 1 heterocycles. The van der Waals surface area contributed by atoms with Crippen molar-refractivity contribution < 1.29 is 0 Å². The first kappa shape index (κ1) is 9.20. The quantitative estimate of drug-likeness (QED) is 0.631. The van der Waals surface area contributed by atoms with Crippen LogP contribution in [0.25, 0.3) is 12.3 Å². The standard InChI is InChI=1S/C13H15N/c1-3-13(2)8-11-6-4-5-7-12(11)9-14-10-13/h4-10H,3H2,1-2H3. The molecule has 0 saturated carbocycles. The molecule has 0 aliphatic carbocycles. The summed E-state index contributed by atoms with van der Waals surface area (Å²) >= 11 is 0. The number of rotatable bonds is 1. The van der Waals surface area contributed by atoms with Crippen molar-refractivity contribution in [1.29, 1.82) is 0 Å². The molecule has 72 valence electrons. The van der Waals surface area contributed by atoms with Gasteiger partial charge in [0.25, 0.3) is 0 Å². The number of hydrogen-bond acceptors (Lipinski definition) is 1. The van der Waals surface area contributed by atoms with Crippen LogP contribution in [0.2, 0.25) is 0 Å². The summed E-state index contributed by atoms with van der Waals surface area (Å²) in [6.07, 6.45) is 7.35. The van der Waals surface area contributed by atoms with Gasteiger partial charge in [0.1, 0.15) is 0 Å². The molecule has 0 N–H and O–H groups in total. The zero-order chi connectivity index (χ0) is 10.0. The molecule has 0 fully saturated rings. The third-order valence-electron chi connectivity index (χ3n) is 2.83. The maximum atomic E-state index is 4.35. The Bertz CT molecular complexity index is 470. The lowest BCUT2D eigenvalue weighted by Crippen LogP contribution is -2.26. The maximum Gasteiger partial charge on any atom is 0.0342 e. The summed E-state index contributed by atoms with van der Waals surface area (Å²) in [5, 5.41) is 2.50. The van der Waals surface area contributed by atoms with Crippen LogP contribution in [-0.2, 0) is 0 Å². The first-order valence-electron chi connectivity index (χ1n) is 5.06. The first-order chi connectivity index (χ1) is 6.73. The Hall–Kier alpha value is -1.37. The maximum absolute atomic E-state index is 4.35. The normalized spacial score (nSPS) is 24.4. The Morgan fingerprint density at radius 1 is 1.21 bits per heavy atom. The number of nitrogens with zero attached hydrogens (tertiary/aromatic N) is 1.